The predicted octanol–water partition coefficient (Wildman–Crippen LogP) is 13.2. The van der Waals surface area contributed by atoms with Gasteiger partial charge in [0.2, 0.25) is 5.71 Å². The third-order valence-corrected chi connectivity index (χ3v) is 11.7. The second kappa shape index (κ2) is 17.9. The Labute approximate surface area is 342 Å². The topological polar surface area (TPSA) is 89.1 Å². The van der Waals surface area contributed by atoms with Crippen LogP contribution in [0.5, 0.6) is 0 Å². The molecule has 1 radical (unpaired) electrons. The zero-order valence-electron chi connectivity index (χ0n) is 35.0. The third-order valence-electron chi connectivity index (χ3n) is 11.7. The second-order valence-corrected chi connectivity index (χ2v) is 16.6. The van der Waals surface area contributed by atoms with E-state index < -0.39 is 0 Å². The molecular weight excluding hydrogens is 859 g/mol. The summed E-state index contributed by atoms with van der Waals surface area (Å²) in [5.74, 6) is 1.44. The molecule has 55 heavy (non-hydrogen) atoms. The van der Waals surface area contributed by atoms with Crippen molar-refractivity contribution in [2.24, 2.45) is 22.7 Å². The maximum absolute atomic E-state index is 12.2. The SMILES string of the molecule is CCC(C)(CC)C(=O)/C=C(\O)C(C)(CC)CC.Cc1ccc2c(n1)oc1c(-c3ncnc4c3cc(C)c3cc(CC(C)C)cc(CC(C)C)c34)[c-]ccc12.[Ir]. The van der Waals surface area contributed by atoms with Crippen molar-refractivity contribution in [2.45, 2.75) is 122 Å². The number of benzene rings is 3. The first kappa shape index (κ1) is 43.8. The maximum Gasteiger partial charge on any atom is 0.216 e. The van der Waals surface area contributed by atoms with E-state index in [1.807, 2.05) is 66.7 Å². The molecule has 0 fully saturated rings. The molecule has 0 atom stereocenters. The summed E-state index contributed by atoms with van der Waals surface area (Å²) in [7, 11) is 0. The van der Waals surface area contributed by atoms with Gasteiger partial charge in [-0.05, 0) is 104 Å². The molecule has 0 aliphatic carbocycles. The normalized spacial score (nSPS) is 12.5. The van der Waals surface area contributed by atoms with Gasteiger partial charge in [-0.25, -0.2) is 9.97 Å². The molecule has 3 aromatic carbocycles. The minimum Gasteiger partial charge on any atom is -0.512 e. The molecule has 0 amide bonds. The number of furan rings is 1. The van der Waals surface area contributed by atoms with E-state index in [1.165, 1.54) is 33.5 Å². The number of aryl methyl sites for hydroxylation is 2. The van der Waals surface area contributed by atoms with Crippen LogP contribution in [0.15, 0.2) is 65.0 Å². The van der Waals surface area contributed by atoms with Crippen molar-refractivity contribution in [2.75, 3.05) is 0 Å². The van der Waals surface area contributed by atoms with Crippen molar-refractivity contribution in [1.29, 1.82) is 0 Å². The van der Waals surface area contributed by atoms with Crippen LogP contribution in [0.1, 0.15) is 117 Å². The number of pyridine rings is 1. The zero-order valence-corrected chi connectivity index (χ0v) is 37.4. The fourth-order valence-electron chi connectivity index (χ4n) is 7.35. The Bertz CT molecular complexity index is 2330. The van der Waals surface area contributed by atoms with Crippen LogP contribution < -0.4 is 0 Å². The van der Waals surface area contributed by atoms with Crippen molar-refractivity contribution >= 4 is 49.5 Å². The Hall–Kier alpha value is -3.93. The van der Waals surface area contributed by atoms with Gasteiger partial charge in [-0.1, -0.05) is 98.4 Å². The number of fused-ring (bicyclic) bond motifs is 6. The number of aliphatic hydroxyl groups is 1. The number of hydrogen-bond acceptors (Lipinski definition) is 6. The summed E-state index contributed by atoms with van der Waals surface area (Å²) in [6, 6.07) is 18.5. The molecule has 0 unspecified atom stereocenters. The number of aliphatic hydroxyl groups excluding tert-OH is 1. The van der Waals surface area contributed by atoms with Crippen LogP contribution >= 0.6 is 0 Å². The fourth-order valence-corrected chi connectivity index (χ4v) is 7.35. The minimum absolute atomic E-state index is 0. The average molecular weight is 919 g/mol. The first-order valence-electron chi connectivity index (χ1n) is 20.0. The van der Waals surface area contributed by atoms with Gasteiger partial charge in [-0.15, -0.1) is 18.2 Å². The van der Waals surface area contributed by atoms with Crippen LogP contribution in [-0.4, -0.2) is 25.8 Å². The number of aromatic nitrogens is 3. The summed E-state index contributed by atoms with van der Waals surface area (Å²) in [5.41, 5.74) is 8.44. The van der Waals surface area contributed by atoms with Crippen LogP contribution in [0.2, 0.25) is 0 Å². The fraction of sp³-hybridized carbons (Fsp3) is 0.458. The zero-order chi connectivity index (χ0) is 39.5. The Morgan fingerprint density at radius 3 is 2.11 bits per heavy atom. The molecule has 0 spiro atoms. The van der Waals surface area contributed by atoms with E-state index in [-0.39, 0.29) is 42.5 Å². The predicted molar refractivity (Wildman–Crippen MR) is 226 cm³/mol. The molecule has 7 heteroatoms. The van der Waals surface area contributed by atoms with Gasteiger partial charge in [-0.2, -0.15) is 0 Å². The summed E-state index contributed by atoms with van der Waals surface area (Å²) < 4.78 is 6.31. The number of nitrogens with zero attached hydrogens (tertiary/aromatic N) is 3. The number of carbonyl (C=O) groups is 1. The van der Waals surface area contributed by atoms with E-state index in [0.29, 0.717) is 17.5 Å². The van der Waals surface area contributed by atoms with Gasteiger partial charge < -0.3 is 9.52 Å². The van der Waals surface area contributed by atoms with E-state index in [9.17, 15) is 9.90 Å². The van der Waals surface area contributed by atoms with Crippen molar-refractivity contribution < 1.29 is 34.4 Å². The van der Waals surface area contributed by atoms with Crippen molar-refractivity contribution in [3.63, 3.8) is 0 Å². The standard InChI is InChI=1S/C33H32N3O.C15H28O2.Ir/c1-18(2)12-22-15-23(13-19(3)4)29-27(16-22)20(5)14-28-30(34-17-35-31(28)29)26-9-7-8-24-25-11-10-21(6)36-33(25)37-32(24)26;1-7-14(5,8-2)12(16)11-13(17)15(6,9-3)10-4;/h7-8,10-11,14-19H,12-13H2,1-6H3;11,16H,7-10H2,1-6H3;/q-1;;/b;12-11-;. The molecule has 6 rings (SSSR count). The summed E-state index contributed by atoms with van der Waals surface area (Å²) in [5, 5.41) is 15.7. The molecule has 6 aromatic rings. The van der Waals surface area contributed by atoms with Crippen molar-refractivity contribution in [1.82, 2.24) is 15.0 Å². The Morgan fingerprint density at radius 1 is 0.836 bits per heavy atom. The molecule has 0 saturated carbocycles. The molecule has 0 aliphatic rings. The van der Waals surface area contributed by atoms with Crippen LogP contribution in [0.4, 0.5) is 0 Å². The molecule has 6 nitrogen and oxygen atoms in total. The Kier molecular flexibility index (Phi) is 14.3. The van der Waals surface area contributed by atoms with Gasteiger partial charge in [0.25, 0.3) is 0 Å². The summed E-state index contributed by atoms with van der Waals surface area (Å²) in [6.45, 7) is 25.4. The van der Waals surface area contributed by atoms with Gasteiger partial charge in [0.1, 0.15) is 12.1 Å². The van der Waals surface area contributed by atoms with E-state index in [4.69, 9.17) is 14.4 Å². The van der Waals surface area contributed by atoms with Crippen molar-refractivity contribution in [3.8, 4) is 11.3 Å². The summed E-state index contributed by atoms with van der Waals surface area (Å²) >= 11 is 0. The summed E-state index contributed by atoms with van der Waals surface area (Å²) in [4.78, 5) is 26.4. The Balaban J connectivity index is 0.000000320. The van der Waals surface area contributed by atoms with E-state index in [2.05, 4.69) is 69.9 Å². The summed E-state index contributed by atoms with van der Waals surface area (Å²) in [6.07, 6.45) is 8.52. The maximum atomic E-state index is 12.2. The largest absolute Gasteiger partial charge is 0.512 e. The van der Waals surface area contributed by atoms with E-state index in [0.717, 1.165) is 82.7 Å². The van der Waals surface area contributed by atoms with Crippen LogP contribution in [0, 0.1) is 42.6 Å². The molecular formula is C48H60IrN3O3-. The average Bonchev–Trinajstić information content (AvgIpc) is 3.51. The second-order valence-electron chi connectivity index (χ2n) is 16.6. The number of allylic oxidation sites excluding steroid dienone is 2. The number of ketones is 1. The third kappa shape index (κ3) is 9.05. The first-order chi connectivity index (χ1) is 25.6. The molecule has 295 valence electrons. The van der Waals surface area contributed by atoms with Crippen LogP contribution in [-0.2, 0) is 37.7 Å². The Morgan fingerprint density at radius 2 is 1.49 bits per heavy atom. The molecule has 0 bridgehead atoms. The van der Waals surface area contributed by atoms with Crippen LogP contribution in [0.3, 0.4) is 0 Å². The van der Waals surface area contributed by atoms with Crippen LogP contribution in [0.25, 0.3) is 55.0 Å². The number of carbonyl (C=O) groups excluding carboxylic acids is 1. The monoisotopic (exact) mass is 919 g/mol. The smallest absolute Gasteiger partial charge is 0.216 e. The number of hydrogen-bond donors (Lipinski definition) is 1. The first-order valence-corrected chi connectivity index (χ1v) is 20.0. The van der Waals surface area contributed by atoms with E-state index in [1.54, 1.807) is 6.33 Å². The van der Waals surface area contributed by atoms with Gasteiger partial charge in [0, 0.05) is 59.2 Å². The molecule has 0 aliphatic heterocycles. The minimum atomic E-state index is -0.337. The molecule has 3 heterocycles. The molecule has 0 saturated heterocycles. The quantitative estimate of drug-likeness (QED) is 0.0569. The van der Waals surface area contributed by atoms with Gasteiger partial charge in [0.15, 0.2) is 5.78 Å². The molecule has 3 aromatic heterocycles. The number of rotatable bonds is 12. The van der Waals surface area contributed by atoms with Gasteiger partial charge in [-0.3, -0.25) is 9.78 Å². The molecule has 1 N–H and O–H groups in total. The van der Waals surface area contributed by atoms with Gasteiger partial charge >= 0.3 is 0 Å². The van der Waals surface area contributed by atoms with E-state index >= 15 is 0 Å². The van der Waals surface area contributed by atoms with Crippen molar-refractivity contribution in [3.05, 3.63) is 89.1 Å². The van der Waals surface area contributed by atoms with Gasteiger partial charge in [0.05, 0.1) is 11.1 Å².